The molecule has 0 unspecified atom stereocenters. The molecule has 1 saturated heterocycles. The van der Waals surface area contributed by atoms with Crippen LogP contribution < -0.4 is 10.1 Å². The Hall–Kier alpha value is -2.08. The lowest BCUT2D eigenvalue weighted by atomic mass is 10.0. The summed E-state index contributed by atoms with van der Waals surface area (Å²) in [5.74, 6) is -0.0449. The van der Waals surface area contributed by atoms with Crippen LogP contribution >= 0.6 is 0 Å². The monoisotopic (exact) mass is 307 g/mol. The number of nitrogens with one attached hydrogen (secondary N) is 1. The molecule has 0 radical (unpaired) electrons. The Morgan fingerprint density at radius 3 is 2.86 bits per heavy atom. The third-order valence-electron chi connectivity index (χ3n) is 3.60. The molecular weight excluding hydrogens is 286 g/mol. The lowest BCUT2D eigenvalue weighted by Gasteiger charge is -2.19. The minimum Gasteiger partial charge on any atom is -0.497 e. The highest BCUT2D eigenvalue weighted by atomic mass is 16.5. The van der Waals surface area contributed by atoms with Gasteiger partial charge in [0, 0.05) is 13.0 Å². The summed E-state index contributed by atoms with van der Waals surface area (Å²) in [5.41, 5.74) is 0.877. The molecule has 1 aliphatic rings. The highest BCUT2D eigenvalue weighted by molar-refractivity contribution is 5.87. The van der Waals surface area contributed by atoms with Gasteiger partial charge >= 0.3 is 5.97 Å². The van der Waals surface area contributed by atoms with E-state index in [2.05, 4.69) is 5.32 Å². The zero-order chi connectivity index (χ0) is 15.9. The van der Waals surface area contributed by atoms with E-state index in [4.69, 9.17) is 14.2 Å². The van der Waals surface area contributed by atoms with Gasteiger partial charge in [-0.25, -0.2) is 4.79 Å². The molecule has 1 aromatic carbocycles. The third-order valence-corrected chi connectivity index (χ3v) is 3.60. The van der Waals surface area contributed by atoms with Crippen molar-refractivity contribution in [1.82, 2.24) is 5.32 Å². The molecule has 6 heteroatoms. The maximum atomic E-state index is 12.1. The molecule has 1 heterocycles. The third kappa shape index (κ3) is 4.21. The van der Waals surface area contributed by atoms with Gasteiger partial charge in [0.2, 0.25) is 5.91 Å². The largest absolute Gasteiger partial charge is 0.497 e. The van der Waals surface area contributed by atoms with E-state index in [1.54, 1.807) is 7.11 Å². The first-order valence-electron chi connectivity index (χ1n) is 7.26. The Kier molecular flexibility index (Phi) is 5.77. The van der Waals surface area contributed by atoms with Crippen molar-refractivity contribution >= 4 is 11.9 Å². The highest BCUT2D eigenvalue weighted by Crippen LogP contribution is 2.16. The Morgan fingerprint density at radius 1 is 1.41 bits per heavy atom. The molecule has 0 aliphatic carbocycles. The Balaban J connectivity index is 2.05. The second-order valence-corrected chi connectivity index (χ2v) is 5.14. The first-order valence-corrected chi connectivity index (χ1v) is 7.26. The number of carbonyl (C=O) groups excluding carboxylic acids is 2. The summed E-state index contributed by atoms with van der Waals surface area (Å²) in [6, 6.07) is 6.62. The summed E-state index contributed by atoms with van der Waals surface area (Å²) in [6.07, 6.45) is 1.40. The van der Waals surface area contributed by atoms with Crippen LogP contribution in [-0.4, -0.2) is 44.8 Å². The van der Waals surface area contributed by atoms with Crippen molar-refractivity contribution in [3.05, 3.63) is 29.8 Å². The predicted octanol–water partition coefficient (Wildman–Crippen LogP) is 1.07. The summed E-state index contributed by atoms with van der Waals surface area (Å²) < 4.78 is 15.3. The second-order valence-electron chi connectivity index (χ2n) is 5.14. The van der Waals surface area contributed by atoms with Crippen molar-refractivity contribution in [2.45, 2.75) is 31.4 Å². The molecule has 120 valence electrons. The Morgan fingerprint density at radius 2 is 2.23 bits per heavy atom. The minimum atomic E-state index is -0.742. The fourth-order valence-corrected chi connectivity index (χ4v) is 2.42. The van der Waals surface area contributed by atoms with Crippen molar-refractivity contribution in [1.29, 1.82) is 0 Å². The summed E-state index contributed by atoms with van der Waals surface area (Å²) in [4.78, 5) is 24.0. The highest BCUT2D eigenvalue weighted by Gasteiger charge is 2.29. The van der Waals surface area contributed by atoms with Crippen LogP contribution in [0.25, 0.3) is 0 Å². The Labute approximate surface area is 129 Å². The van der Waals surface area contributed by atoms with Crippen LogP contribution in [0.1, 0.15) is 18.4 Å². The maximum absolute atomic E-state index is 12.1. The summed E-state index contributed by atoms with van der Waals surface area (Å²) in [7, 11) is 2.88. The molecule has 2 atom stereocenters. The van der Waals surface area contributed by atoms with E-state index in [1.165, 1.54) is 7.11 Å². The van der Waals surface area contributed by atoms with Crippen molar-refractivity contribution in [3.63, 3.8) is 0 Å². The molecule has 0 bridgehead atoms. The average Bonchev–Trinajstić information content (AvgIpc) is 3.08. The molecule has 22 heavy (non-hydrogen) atoms. The van der Waals surface area contributed by atoms with E-state index >= 15 is 0 Å². The normalized spacial score (nSPS) is 18.5. The van der Waals surface area contributed by atoms with Crippen molar-refractivity contribution in [3.8, 4) is 5.75 Å². The topological polar surface area (TPSA) is 73.9 Å². The van der Waals surface area contributed by atoms with Gasteiger partial charge in [0.05, 0.1) is 14.2 Å². The molecule has 1 N–H and O–H groups in total. The molecule has 1 aromatic rings. The average molecular weight is 307 g/mol. The molecule has 0 aromatic heterocycles. The number of benzene rings is 1. The van der Waals surface area contributed by atoms with Crippen molar-refractivity contribution in [2.75, 3.05) is 20.8 Å². The van der Waals surface area contributed by atoms with Gasteiger partial charge in [0.1, 0.15) is 17.9 Å². The quantitative estimate of drug-likeness (QED) is 0.796. The fraction of sp³-hybridized carbons (Fsp3) is 0.500. The molecule has 0 saturated carbocycles. The van der Waals surface area contributed by atoms with Crippen LogP contribution in [0.4, 0.5) is 0 Å². The molecule has 6 nitrogen and oxygen atoms in total. The number of methoxy groups -OCH3 is 2. The number of amides is 1. The van der Waals surface area contributed by atoms with Crippen molar-refractivity contribution < 1.29 is 23.8 Å². The van der Waals surface area contributed by atoms with Gasteiger partial charge in [0.15, 0.2) is 0 Å². The molecule has 2 rings (SSSR count). The standard InChI is InChI=1S/C16H21NO5/c1-20-12-6-3-5-11(9-12)10-13(16(19)21-2)17-15(18)14-7-4-8-22-14/h3,5-6,9,13-14H,4,7-8,10H2,1-2H3,(H,17,18)/t13-,14+/m1/s1. The van der Waals surface area contributed by atoms with Crippen LogP contribution in [0.5, 0.6) is 5.75 Å². The Bertz CT molecular complexity index is 525. The lowest BCUT2D eigenvalue weighted by Crippen LogP contribution is -2.47. The van der Waals surface area contributed by atoms with E-state index in [0.717, 1.165) is 12.0 Å². The molecule has 1 aliphatic heterocycles. The number of carbonyl (C=O) groups is 2. The first kappa shape index (κ1) is 16.3. The number of hydrogen-bond donors (Lipinski definition) is 1. The zero-order valence-electron chi connectivity index (χ0n) is 12.8. The van der Waals surface area contributed by atoms with E-state index < -0.39 is 18.1 Å². The van der Waals surface area contributed by atoms with Gasteiger partial charge in [-0.05, 0) is 30.5 Å². The molecule has 0 spiro atoms. The second kappa shape index (κ2) is 7.79. The number of hydrogen-bond acceptors (Lipinski definition) is 5. The van der Waals surface area contributed by atoms with Gasteiger partial charge < -0.3 is 19.5 Å². The van der Waals surface area contributed by atoms with E-state index in [9.17, 15) is 9.59 Å². The maximum Gasteiger partial charge on any atom is 0.328 e. The van der Waals surface area contributed by atoms with Gasteiger partial charge in [-0.15, -0.1) is 0 Å². The SMILES string of the molecule is COC(=O)[C@@H](Cc1cccc(OC)c1)NC(=O)[C@@H]1CCCO1. The summed E-state index contributed by atoms with van der Waals surface area (Å²) in [5, 5.41) is 2.72. The summed E-state index contributed by atoms with van der Waals surface area (Å²) >= 11 is 0. The van der Waals surface area contributed by atoms with Gasteiger partial charge in [-0.2, -0.15) is 0 Å². The summed E-state index contributed by atoms with van der Waals surface area (Å²) in [6.45, 7) is 0.580. The zero-order valence-corrected chi connectivity index (χ0v) is 12.8. The van der Waals surface area contributed by atoms with E-state index in [0.29, 0.717) is 25.2 Å². The van der Waals surface area contributed by atoms with Gasteiger partial charge in [0.25, 0.3) is 0 Å². The first-order chi connectivity index (χ1) is 10.6. The molecule has 1 amide bonds. The van der Waals surface area contributed by atoms with E-state index in [1.807, 2.05) is 24.3 Å². The van der Waals surface area contributed by atoms with Crippen LogP contribution in [0.15, 0.2) is 24.3 Å². The van der Waals surface area contributed by atoms with Gasteiger partial charge in [-0.1, -0.05) is 12.1 Å². The van der Waals surface area contributed by atoms with Crippen LogP contribution in [0.2, 0.25) is 0 Å². The fourth-order valence-electron chi connectivity index (χ4n) is 2.42. The number of esters is 1. The number of ether oxygens (including phenoxy) is 3. The van der Waals surface area contributed by atoms with Crippen molar-refractivity contribution in [2.24, 2.45) is 0 Å². The minimum absolute atomic E-state index is 0.268. The van der Waals surface area contributed by atoms with Gasteiger partial charge in [-0.3, -0.25) is 4.79 Å². The lowest BCUT2D eigenvalue weighted by molar-refractivity contribution is -0.146. The van der Waals surface area contributed by atoms with Crippen LogP contribution in [-0.2, 0) is 25.5 Å². The van der Waals surface area contributed by atoms with E-state index in [-0.39, 0.29) is 5.91 Å². The number of rotatable bonds is 6. The molecule has 1 fully saturated rings. The predicted molar refractivity (Wildman–Crippen MR) is 79.6 cm³/mol. The molecular formula is C16H21NO5. The smallest absolute Gasteiger partial charge is 0.328 e. The van der Waals surface area contributed by atoms with Crippen LogP contribution in [0.3, 0.4) is 0 Å². The van der Waals surface area contributed by atoms with Crippen LogP contribution in [0, 0.1) is 0 Å².